The first-order valence-corrected chi connectivity index (χ1v) is 12.4. The lowest BCUT2D eigenvalue weighted by Gasteiger charge is -2.27. The number of likely N-dealkylation sites (tertiary alicyclic amines) is 1. The van der Waals surface area contributed by atoms with E-state index in [-0.39, 0.29) is 60.9 Å². The summed E-state index contributed by atoms with van der Waals surface area (Å²) < 4.78 is 10.8. The molecule has 2 aliphatic rings. The van der Waals surface area contributed by atoms with Gasteiger partial charge in [0, 0.05) is 32.1 Å². The minimum Gasteiger partial charge on any atom is -0.377 e. The highest BCUT2D eigenvalue weighted by Crippen LogP contribution is 2.25. The van der Waals surface area contributed by atoms with Crippen molar-refractivity contribution in [2.24, 2.45) is 5.41 Å². The van der Waals surface area contributed by atoms with Crippen LogP contribution in [0.25, 0.3) is 0 Å². The molecular formula is C24H43N5O6. The molecule has 0 aromatic carbocycles. The molecule has 2 aliphatic heterocycles. The Hall–Kier alpha value is -2.24. The van der Waals surface area contributed by atoms with Gasteiger partial charge >= 0.3 is 0 Å². The van der Waals surface area contributed by atoms with E-state index in [1.165, 1.54) is 0 Å². The number of ether oxygens (including phenoxy) is 2. The molecule has 0 unspecified atom stereocenters. The lowest BCUT2D eigenvalue weighted by molar-refractivity contribution is -0.139. The third-order valence-electron chi connectivity index (χ3n) is 6.00. The Kier molecular flexibility index (Phi) is 11.4. The Balaban J connectivity index is 2.08. The Bertz CT molecular complexity index is 738. The van der Waals surface area contributed by atoms with Gasteiger partial charge in [-0.1, -0.05) is 20.8 Å². The lowest BCUT2D eigenvalue weighted by Crippen LogP contribution is -2.47. The first kappa shape index (κ1) is 29.0. The number of carbonyl (C=O) groups is 4. The molecule has 11 nitrogen and oxygen atoms in total. The molecular weight excluding hydrogens is 454 g/mol. The van der Waals surface area contributed by atoms with Crippen LogP contribution >= 0.6 is 0 Å². The van der Waals surface area contributed by atoms with Crippen molar-refractivity contribution >= 4 is 23.6 Å². The van der Waals surface area contributed by atoms with E-state index < -0.39 is 6.04 Å². The Morgan fingerprint density at radius 2 is 1.71 bits per heavy atom. The lowest BCUT2D eigenvalue weighted by atomic mass is 9.91. The van der Waals surface area contributed by atoms with Crippen molar-refractivity contribution in [1.29, 1.82) is 0 Å². The smallest absolute Gasteiger partial charge is 0.246 e. The normalized spacial score (nSPS) is 26.6. The molecule has 0 spiro atoms. The fourth-order valence-electron chi connectivity index (χ4n) is 4.29. The molecule has 35 heavy (non-hydrogen) atoms. The standard InChI is InChI=1S/C24H43N5O6/c1-24(2,3)14-21(31)29-15-17-13-19(29)23(33)25-8-6-7-18(28(4)5)22(32)26-9-10-34-11-12-35-16-20(30)27-17/h17-19H,6-16H2,1-5H3,(H,25,33)(H,26,32)(H,27,30)/t17-,18+,19-/m1/s1. The van der Waals surface area contributed by atoms with Gasteiger partial charge in [-0.25, -0.2) is 0 Å². The van der Waals surface area contributed by atoms with Gasteiger partial charge in [-0.15, -0.1) is 0 Å². The minimum absolute atomic E-state index is 0.0927. The third-order valence-corrected chi connectivity index (χ3v) is 6.00. The van der Waals surface area contributed by atoms with Gasteiger partial charge in [0.25, 0.3) is 0 Å². The van der Waals surface area contributed by atoms with Crippen LogP contribution in [0, 0.1) is 5.41 Å². The predicted octanol–water partition coefficient (Wildman–Crippen LogP) is -0.502. The number of nitrogens with zero attached hydrogens (tertiary/aromatic N) is 2. The molecule has 2 heterocycles. The maximum Gasteiger partial charge on any atom is 0.246 e. The van der Waals surface area contributed by atoms with Crippen molar-refractivity contribution in [2.75, 3.05) is 60.2 Å². The second-order valence-corrected chi connectivity index (χ2v) is 10.7. The van der Waals surface area contributed by atoms with Crippen LogP contribution < -0.4 is 16.0 Å². The van der Waals surface area contributed by atoms with Gasteiger partial charge in [-0.3, -0.25) is 24.1 Å². The number of nitrogens with one attached hydrogen (secondary N) is 3. The molecule has 11 heteroatoms. The van der Waals surface area contributed by atoms with Crippen LogP contribution in [-0.2, 0) is 28.7 Å². The van der Waals surface area contributed by atoms with Crippen LogP contribution in [0.2, 0.25) is 0 Å². The number of rotatable bonds is 2. The van der Waals surface area contributed by atoms with Gasteiger partial charge in [0.2, 0.25) is 23.6 Å². The minimum atomic E-state index is -0.650. The van der Waals surface area contributed by atoms with Crippen LogP contribution in [0.5, 0.6) is 0 Å². The molecule has 0 saturated carbocycles. The maximum absolute atomic E-state index is 13.0. The summed E-state index contributed by atoms with van der Waals surface area (Å²) in [6, 6.07) is -1.30. The first-order chi connectivity index (χ1) is 16.5. The van der Waals surface area contributed by atoms with E-state index in [1.807, 2.05) is 39.8 Å². The van der Waals surface area contributed by atoms with E-state index in [2.05, 4.69) is 16.0 Å². The highest BCUT2D eigenvalue weighted by molar-refractivity contribution is 5.89. The monoisotopic (exact) mass is 497 g/mol. The van der Waals surface area contributed by atoms with Crippen LogP contribution in [-0.4, -0.2) is 112 Å². The van der Waals surface area contributed by atoms with Crippen LogP contribution in [0.3, 0.4) is 0 Å². The average molecular weight is 498 g/mol. The fraction of sp³-hybridized carbons (Fsp3) is 0.833. The van der Waals surface area contributed by atoms with E-state index >= 15 is 0 Å². The highest BCUT2D eigenvalue weighted by atomic mass is 16.5. The van der Waals surface area contributed by atoms with Crippen molar-refractivity contribution in [1.82, 2.24) is 25.8 Å². The first-order valence-electron chi connectivity index (χ1n) is 12.4. The molecule has 2 bridgehead atoms. The van der Waals surface area contributed by atoms with Crippen LogP contribution in [0.1, 0.15) is 46.5 Å². The summed E-state index contributed by atoms with van der Waals surface area (Å²) in [6.07, 6.45) is 1.84. The molecule has 2 fully saturated rings. The van der Waals surface area contributed by atoms with E-state index in [0.717, 1.165) is 0 Å². The zero-order valence-corrected chi connectivity index (χ0v) is 21.9. The summed E-state index contributed by atoms with van der Waals surface area (Å²) in [5.74, 6) is -0.733. The highest BCUT2D eigenvalue weighted by Gasteiger charge is 2.40. The van der Waals surface area contributed by atoms with Gasteiger partial charge in [-0.2, -0.15) is 0 Å². The summed E-state index contributed by atoms with van der Waals surface area (Å²) in [5, 5.41) is 8.68. The molecule has 3 atom stereocenters. The molecule has 0 radical (unpaired) electrons. The number of hydrogen-bond acceptors (Lipinski definition) is 7. The van der Waals surface area contributed by atoms with E-state index in [1.54, 1.807) is 4.90 Å². The molecule has 4 amide bonds. The van der Waals surface area contributed by atoms with Crippen LogP contribution in [0.4, 0.5) is 0 Å². The number of likely N-dealkylation sites (N-methyl/N-ethyl adjacent to an activating group) is 1. The maximum atomic E-state index is 13.0. The summed E-state index contributed by atoms with van der Waals surface area (Å²) in [5.41, 5.74) is -0.221. The number of fused-ring (bicyclic) bond motifs is 2. The number of carbonyl (C=O) groups excluding carboxylic acids is 4. The molecule has 0 aromatic heterocycles. The number of hydrogen-bond donors (Lipinski definition) is 3. The van der Waals surface area contributed by atoms with Gasteiger partial charge in [-0.05, 0) is 38.8 Å². The van der Waals surface area contributed by atoms with Crippen molar-refractivity contribution in [2.45, 2.75) is 64.6 Å². The second kappa shape index (κ2) is 13.7. The molecule has 2 rings (SSSR count). The zero-order chi connectivity index (χ0) is 26.0. The van der Waals surface area contributed by atoms with E-state index in [9.17, 15) is 19.2 Å². The van der Waals surface area contributed by atoms with Crippen molar-refractivity contribution in [3.8, 4) is 0 Å². The topological polar surface area (TPSA) is 129 Å². The number of amides is 4. The van der Waals surface area contributed by atoms with E-state index in [0.29, 0.717) is 52.0 Å². The van der Waals surface area contributed by atoms with Gasteiger partial charge in [0.15, 0.2) is 0 Å². The van der Waals surface area contributed by atoms with Gasteiger partial charge in [0.1, 0.15) is 12.6 Å². The molecule has 200 valence electrons. The Labute approximate surface area is 208 Å². The molecule has 0 aromatic rings. The molecule has 3 N–H and O–H groups in total. The Morgan fingerprint density at radius 1 is 1.03 bits per heavy atom. The van der Waals surface area contributed by atoms with E-state index in [4.69, 9.17) is 9.47 Å². The van der Waals surface area contributed by atoms with Gasteiger partial charge < -0.3 is 30.3 Å². The van der Waals surface area contributed by atoms with Crippen molar-refractivity contribution in [3.63, 3.8) is 0 Å². The average Bonchev–Trinajstić information content (AvgIpc) is 3.17. The molecule has 0 aliphatic carbocycles. The van der Waals surface area contributed by atoms with Gasteiger partial charge in [0.05, 0.1) is 25.9 Å². The summed E-state index contributed by atoms with van der Waals surface area (Å²) in [6.45, 7) is 7.75. The fourth-order valence-corrected chi connectivity index (χ4v) is 4.29. The van der Waals surface area contributed by atoms with Crippen molar-refractivity contribution < 1.29 is 28.7 Å². The van der Waals surface area contributed by atoms with Crippen LogP contribution in [0.15, 0.2) is 0 Å². The largest absolute Gasteiger partial charge is 0.377 e. The third kappa shape index (κ3) is 10.1. The Morgan fingerprint density at radius 3 is 2.40 bits per heavy atom. The quantitative estimate of drug-likeness (QED) is 0.469. The summed E-state index contributed by atoms with van der Waals surface area (Å²) >= 11 is 0. The summed E-state index contributed by atoms with van der Waals surface area (Å²) in [7, 11) is 3.70. The summed E-state index contributed by atoms with van der Waals surface area (Å²) in [4.78, 5) is 54.4. The SMILES string of the molecule is CN(C)[C@H]1CCCNC(=O)[C@H]2C[C@H](CN2C(=O)CC(C)(C)C)NC(=O)COCCOCCNC1=O. The predicted molar refractivity (Wildman–Crippen MR) is 130 cm³/mol. The molecule has 2 saturated heterocycles. The zero-order valence-electron chi connectivity index (χ0n) is 21.9. The second-order valence-electron chi connectivity index (χ2n) is 10.7. The van der Waals surface area contributed by atoms with Crippen molar-refractivity contribution in [3.05, 3.63) is 0 Å².